The average Bonchev–Trinajstić information content (AvgIpc) is 3.31. The molecule has 1 heterocycles. The molecule has 3 aromatic carbocycles. The molecular weight excluding hydrogens is 557 g/mol. The summed E-state index contributed by atoms with van der Waals surface area (Å²) in [6.45, 7) is 4.14. The maximum Gasteiger partial charge on any atom is 0.417 e. The molecule has 6 nitrogen and oxygen atoms in total. The van der Waals surface area contributed by atoms with Gasteiger partial charge in [-0.3, -0.25) is 4.79 Å². The molecule has 0 saturated carbocycles. The largest absolute Gasteiger partial charge is 0.417 e. The molecule has 0 spiro atoms. The van der Waals surface area contributed by atoms with Gasteiger partial charge in [-0.1, -0.05) is 29.8 Å². The number of rotatable bonds is 7. The summed E-state index contributed by atoms with van der Waals surface area (Å²) in [7, 11) is 0. The van der Waals surface area contributed by atoms with E-state index >= 15 is 0 Å². The molecular formula is C28H23ClF5N3O3. The van der Waals surface area contributed by atoms with Crippen molar-refractivity contribution in [2.24, 2.45) is 0 Å². The Balaban J connectivity index is 1.83. The minimum atomic E-state index is -5.06. The molecule has 0 aliphatic rings. The van der Waals surface area contributed by atoms with Crippen molar-refractivity contribution in [1.29, 1.82) is 0 Å². The standard InChI is InChI=1S/C28H23ClF5N3O3/c1-3-36(4-2)27(39)40-22-12-11-21-17(13-14-37(21)15-16-7-5-6-8-20(16)30)25(22)35-26(38)23-18(28(32,33)34)9-10-19(29)24(23)31/h5-14H,3-4,15H2,1-2H3,(H,35,38). The van der Waals surface area contributed by atoms with E-state index in [2.05, 4.69) is 5.32 Å². The third kappa shape index (κ3) is 5.74. The molecule has 1 N–H and O–H groups in total. The minimum absolute atomic E-state index is 0.0866. The molecule has 0 radical (unpaired) electrons. The highest BCUT2D eigenvalue weighted by molar-refractivity contribution is 6.31. The fraction of sp³-hybridized carbons (Fsp3) is 0.214. The summed E-state index contributed by atoms with van der Waals surface area (Å²) in [4.78, 5) is 27.3. The zero-order chi connectivity index (χ0) is 29.2. The van der Waals surface area contributed by atoms with Gasteiger partial charge < -0.3 is 19.5 Å². The fourth-order valence-corrected chi connectivity index (χ4v) is 4.40. The van der Waals surface area contributed by atoms with Crippen LogP contribution in [0.2, 0.25) is 5.02 Å². The summed E-state index contributed by atoms with van der Waals surface area (Å²) >= 11 is 5.71. The second kappa shape index (κ2) is 11.5. The van der Waals surface area contributed by atoms with Crippen LogP contribution in [0.4, 0.5) is 32.4 Å². The minimum Gasteiger partial charge on any atom is -0.408 e. The number of amides is 2. The number of anilines is 1. The van der Waals surface area contributed by atoms with Crippen LogP contribution in [-0.4, -0.2) is 34.6 Å². The number of hydrogen-bond acceptors (Lipinski definition) is 3. The van der Waals surface area contributed by atoms with Crippen molar-refractivity contribution in [3.63, 3.8) is 0 Å². The number of alkyl halides is 3. The van der Waals surface area contributed by atoms with Gasteiger partial charge in [0.2, 0.25) is 0 Å². The molecule has 1 aromatic heterocycles. The highest BCUT2D eigenvalue weighted by Crippen LogP contribution is 2.38. The van der Waals surface area contributed by atoms with Crippen LogP contribution in [0.1, 0.15) is 35.3 Å². The number of nitrogens with zero attached hydrogens (tertiary/aromatic N) is 2. The zero-order valence-corrected chi connectivity index (χ0v) is 22.0. The van der Waals surface area contributed by atoms with Crippen LogP contribution in [0.25, 0.3) is 10.9 Å². The first-order valence-corrected chi connectivity index (χ1v) is 12.5. The van der Waals surface area contributed by atoms with Crippen molar-refractivity contribution >= 4 is 40.2 Å². The van der Waals surface area contributed by atoms with Crippen LogP contribution in [0.3, 0.4) is 0 Å². The van der Waals surface area contributed by atoms with Crippen molar-refractivity contribution in [2.45, 2.75) is 26.6 Å². The first kappa shape index (κ1) is 28.9. The summed E-state index contributed by atoms with van der Waals surface area (Å²) in [6, 6.07) is 11.7. The smallest absolute Gasteiger partial charge is 0.408 e. The Bertz CT molecular complexity index is 1580. The number of carbonyl (C=O) groups is 2. The lowest BCUT2D eigenvalue weighted by Gasteiger charge is -2.20. The van der Waals surface area contributed by atoms with Gasteiger partial charge in [0.1, 0.15) is 5.82 Å². The molecule has 4 aromatic rings. The number of nitrogens with one attached hydrogen (secondary N) is 1. The Hall–Kier alpha value is -4.12. The summed E-state index contributed by atoms with van der Waals surface area (Å²) in [5, 5.41) is 1.87. The normalized spacial score (nSPS) is 11.5. The number of fused-ring (bicyclic) bond motifs is 1. The maximum absolute atomic E-state index is 14.8. The van der Waals surface area contributed by atoms with E-state index in [9.17, 15) is 31.5 Å². The van der Waals surface area contributed by atoms with Gasteiger partial charge in [-0.25, -0.2) is 13.6 Å². The molecule has 40 heavy (non-hydrogen) atoms. The summed E-state index contributed by atoms with van der Waals surface area (Å²) in [5.41, 5.74) is -2.23. The van der Waals surface area contributed by atoms with Crippen LogP contribution in [0, 0.1) is 11.6 Å². The van der Waals surface area contributed by atoms with Gasteiger partial charge in [0, 0.05) is 30.2 Å². The van der Waals surface area contributed by atoms with Gasteiger partial charge >= 0.3 is 12.3 Å². The average molecular weight is 580 g/mol. The molecule has 12 heteroatoms. The third-order valence-electron chi connectivity index (χ3n) is 6.30. The predicted molar refractivity (Wildman–Crippen MR) is 141 cm³/mol. The van der Waals surface area contributed by atoms with Crippen molar-refractivity contribution < 1.29 is 36.3 Å². The van der Waals surface area contributed by atoms with Gasteiger partial charge in [-0.2, -0.15) is 13.2 Å². The first-order chi connectivity index (χ1) is 19.0. The van der Waals surface area contributed by atoms with E-state index in [1.807, 2.05) is 0 Å². The second-order valence-electron chi connectivity index (χ2n) is 8.68. The lowest BCUT2D eigenvalue weighted by Crippen LogP contribution is -2.33. The van der Waals surface area contributed by atoms with Crippen LogP contribution in [0.15, 0.2) is 60.8 Å². The molecule has 4 rings (SSSR count). The van der Waals surface area contributed by atoms with Crippen molar-refractivity contribution in [1.82, 2.24) is 9.47 Å². The highest BCUT2D eigenvalue weighted by Gasteiger charge is 2.38. The van der Waals surface area contributed by atoms with Crippen molar-refractivity contribution in [3.05, 3.63) is 94.1 Å². The second-order valence-corrected chi connectivity index (χ2v) is 9.09. The molecule has 0 aliphatic carbocycles. The molecule has 0 unspecified atom stereocenters. The summed E-state index contributed by atoms with van der Waals surface area (Å²) < 4.78 is 77.3. The topological polar surface area (TPSA) is 63.6 Å². The van der Waals surface area contributed by atoms with Gasteiger partial charge in [0.15, 0.2) is 11.6 Å². The Morgan fingerprint density at radius 3 is 2.35 bits per heavy atom. The van der Waals surface area contributed by atoms with Gasteiger partial charge in [-0.05, 0) is 50.2 Å². The number of benzene rings is 3. The quantitative estimate of drug-likeness (QED) is 0.228. The van der Waals surface area contributed by atoms with Crippen LogP contribution < -0.4 is 10.1 Å². The number of ether oxygens (including phenoxy) is 1. The zero-order valence-electron chi connectivity index (χ0n) is 21.3. The Morgan fingerprint density at radius 2 is 1.70 bits per heavy atom. The van der Waals surface area contributed by atoms with E-state index in [0.29, 0.717) is 36.3 Å². The van der Waals surface area contributed by atoms with E-state index in [1.54, 1.807) is 48.9 Å². The number of halogens is 6. The van der Waals surface area contributed by atoms with E-state index in [0.717, 1.165) is 0 Å². The lowest BCUT2D eigenvalue weighted by molar-refractivity contribution is -0.138. The monoisotopic (exact) mass is 579 g/mol. The van der Waals surface area contributed by atoms with Gasteiger partial charge in [0.25, 0.3) is 5.91 Å². The summed E-state index contributed by atoms with van der Waals surface area (Å²) in [5.74, 6) is -3.64. The molecule has 0 saturated heterocycles. The molecule has 0 fully saturated rings. The lowest BCUT2D eigenvalue weighted by atomic mass is 10.0. The molecule has 2 amide bonds. The Kier molecular flexibility index (Phi) is 8.34. The number of carbonyl (C=O) groups excluding carboxylic acids is 2. The van der Waals surface area contributed by atoms with Crippen molar-refractivity contribution in [2.75, 3.05) is 18.4 Å². The van der Waals surface area contributed by atoms with E-state index in [1.165, 1.54) is 23.1 Å². The van der Waals surface area contributed by atoms with Gasteiger partial charge in [0.05, 0.1) is 33.9 Å². The Labute approximate surface area is 230 Å². The van der Waals surface area contributed by atoms with E-state index < -0.39 is 46.0 Å². The SMILES string of the molecule is CCN(CC)C(=O)Oc1ccc2c(ccn2Cc2ccccc2F)c1NC(=O)c1c(C(F)(F)F)ccc(Cl)c1F. The van der Waals surface area contributed by atoms with Crippen molar-refractivity contribution in [3.8, 4) is 5.75 Å². The number of hydrogen-bond donors (Lipinski definition) is 1. The molecule has 0 bridgehead atoms. The van der Waals surface area contributed by atoms with Crippen LogP contribution in [-0.2, 0) is 12.7 Å². The fourth-order valence-electron chi connectivity index (χ4n) is 4.24. The Morgan fingerprint density at radius 1 is 1.00 bits per heavy atom. The number of aromatic nitrogens is 1. The molecule has 210 valence electrons. The summed E-state index contributed by atoms with van der Waals surface area (Å²) in [6.07, 6.45) is -4.26. The van der Waals surface area contributed by atoms with Crippen LogP contribution >= 0.6 is 11.6 Å². The van der Waals surface area contributed by atoms with E-state index in [-0.39, 0.29) is 23.4 Å². The van der Waals surface area contributed by atoms with Gasteiger partial charge in [-0.15, -0.1) is 0 Å². The van der Waals surface area contributed by atoms with E-state index in [4.69, 9.17) is 16.3 Å². The molecule has 0 atom stereocenters. The molecule has 0 aliphatic heterocycles. The highest BCUT2D eigenvalue weighted by atomic mass is 35.5. The van der Waals surface area contributed by atoms with Crippen LogP contribution in [0.5, 0.6) is 5.75 Å². The third-order valence-corrected chi connectivity index (χ3v) is 6.59. The maximum atomic E-state index is 14.8. The predicted octanol–water partition coefficient (Wildman–Crippen LogP) is 7.73. The first-order valence-electron chi connectivity index (χ1n) is 12.1.